The molecule has 0 spiro atoms. The highest BCUT2D eigenvalue weighted by Crippen LogP contribution is 2.35. The van der Waals surface area contributed by atoms with Gasteiger partial charge in [-0.15, -0.1) is 5.10 Å². The van der Waals surface area contributed by atoms with Gasteiger partial charge < -0.3 is 9.64 Å². The van der Waals surface area contributed by atoms with Crippen molar-refractivity contribution in [3.05, 3.63) is 66.4 Å². The topological polar surface area (TPSA) is 43.2 Å². The lowest BCUT2D eigenvalue weighted by atomic mass is 9.84. The molecule has 27 heavy (non-hydrogen) atoms. The second-order valence-corrected chi connectivity index (χ2v) is 7.59. The Balaban J connectivity index is 1.31. The fourth-order valence-electron chi connectivity index (χ4n) is 4.29. The van der Waals surface area contributed by atoms with Gasteiger partial charge in [-0.3, -0.25) is 0 Å². The normalized spacial score (nSPS) is 24.1. The summed E-state index contributed by atoms with van der Waals surface area (Å²) in [4.78, 5) is 2.55. The molecule has 0 saturated carbocycles. The third kappa shape index (κ3) is 3.47. The Morgan fingerprint density at radius 3 is 2.63 bits per heavy atom. The predicted octanol–water partition coefficient (Wildman–Crippen LogP) is 3.79. The minimum Gasteiger partial charge on any atom is -0.489 e. The molecule has 5 heteroatoms. The minimum atomic E-state index is 0.464. The highest BCUT2D eigenvalue weighted by atomic mass is 16.5. The molecule has 3 fully saturated rings. The van der Waals surface area contributed by atoms with Gasteiger partial charge >= 0.3 is 0 Å². The van der Waals surface area contributed by atoms with E-state index in [1.165, 1.54) is 25.9 Å². The van der Waals surface area contributed by atoms with Crippen LogP contribution in [-0.2, 0) is 6.61 Å². The van der Waals surface area contributed by atoms with E-state index in [2.05, 4.69) is 44.3 Å². The van der Waals surface area contributed by atoms with Gasteiger partial charge in [-0.25, -0.2) is 4.68 Å². The Morgan fingerprint density at radius 1 is 1.00 bits per heavy atom. The Kier molecular flexibility index (Phi) is 4.38. The Hall–Kier alpha value is -2.66. The molecule has 138 valence electrons. The van der Waals surface area contributed by atoms with E-state index >= 15 is 0 Å². The second kappa shape index (κ2) is 7.16. The summed E-state index contributed by atoms with van der Waals surface area (Å²) < 4.78 is 8.04. The minimum absolute atomic E-state index is 0.464. The summed E-state index contributed by atoms with van der Waals surface area (Å²) in [5.41, 5.74) is 3.13. The molecule has 3 aliphatic rings. The number of hydrogen-bond acceptors (Lipinski definition) is 4. The van der Waals surface area contributed by atoms with Crippen LogP contribution in [0.4, 0.5) is 0 Å². The SMILES string of the molecule is c1ccc(COc2cccc(-c3cn([C@H]4CN5CCC4CC5)nn3)c2)cc1. The summed E-state index contributed by atoms with van der Waals surface area (Å²) in [6, 6.07) is 18.8. The smallest absolute Gasteiger partial charge is 0.120 e. The molecule has 0 N–H and O–H groups in total. The molecule has 3 aliphatic heterocycles. The van der Waals surface area contributed by atoms with E-state index in [9.17, 15) is 0 Å². The molecule has 5 nitrogen and oxygen atoms in total. The van der Waals surface area contributed by atoms with E-state index in [0.717, 1.165) is 35.0 Å². The molecular weight excluding hydrogens is 336 g/mol. The van der Waals surface area contributed by atoms with Gasteiger partial charge in [0, 0.05) is 12.1 Å². The number of ether oxygens (including phenoxy) is 1. The Labute approximate surface area is 159 Å². The van der Waals surface area contributed by atoms with Crippen molar-refractivity contribution < 1.29 is 4.74 Å². The van der Waals surface area contributed by atoms with Gasteiger partial charge in [-0.1, -0.05) is 47.7 Å². The number of hydrogen-bond donors (Lipinski definition) is 0. The first-order chi connectivity index (χ1) is 13.3. The van der Waals surface area contributed by atoms with E-state index in [-0.39, 0.29) is 0 Å². The van der Waals surface area contributed by atoms with Crippen molar-refractivity contribution in [2.75, 3.05) is 19.6 Å². The third-order valence-electron chi connectivity index (χ3n) is 5.85. The molecule has 3 saturated heterocycles. The zero-order chi connectivity index (χ0) is 18.1. The van der Waals surface area contributed by atoms with Gasteiger partial charge in [0.2, 0.25) is 0 Å². The van der Waals surface area contributed by atoms with Crippen molar-refractivity contribution >= 4 is 0 Å². The summed E-state index contributed by atoms with van der Waals surface area (Å²) in [6.07, 6.45) is 4.66. The first-order valence-corrected chi connectivity index (χ1v) is 9.76. The fourth-order valence-corrected chi connectivity index (χ4v) is 4.29. The number of rotatable bonds is 5. The van der Waals surface area contributed by atoms with E-state index in [1.807, 2.05) is 36.4 Å². The Morgan fingerprint density at radius 2 is 1.85 bits per heavy atom. The molecule has 1 aromatic heterocycles. The van der Waals surface area contributed by atoms with Crippen molar-refractivity contribution in [1.82, 2.24) is 19.9 Å². The van der Waals surface area contributed by atoms with Crippen molar-refractivity contribution in [2.24, 2.45) is 5.92 Å². The van der Waals surface area contributed by atoms with Gasteiger partial charge in [0.1, 0.15) is 18.1 Å². The molecular formula is C22H24N4O. The molecule has 0 radical (unpaired) electrons. The van der Waals surface area contributed by atoms with E-state index in [1.54, 1.807) is 0 Å². The van der Waals surface area contributed by atoms with E-state index < -0.39 is 0 Å². The number of aromatic nitrogens is 3. The number of piperidine rings is 3. The van der Waals surface area contributed by atoms with Crippen molar-refractivity contribution in [3.8, 4) is 17.0 Å². The standard InChI is InChI=1S/C22H24N4O/c1-2-5-17(6-3-1)16-27-20-8-4-7-19(13-20)21-14-26(24-23-21)22-15-25-11-9-18(22)10-12-25/h1-8,13-14,18,22H,9-12,15-16H2/t22-/m0/s1. The van der Waals surface area contributed by atoms with Crippen LogP contribution < -0.4 is 4.74 Å². The second-order valence-electron chi connectivity index (χ2n) is 7.59. The van der Waals surface area contributed by atoms with Crippen LogP contribution in [0.3, 0.4) is 0 Å². The first-order valence-electron chi connectivity index (χ1n) is 9.76. The van der Waals surface area contributed by atoms with Crippen LogP contribution in [0.25, 0.3) is 11.3 Å². The van der Waals surface area contributed by atoms with E-state index in [4.69, 9.17) is 4.74 Å². The zero-order valence-electron chi connectivity index (χ0n) is 15.4. The summed E-state index contributed by atoms with van der Waals surface area (Å²) >= 11 is 0. The quantitative estimate of drug-likeness (QED) is 0.694. The van der Waals surface area contributed by atoms with Crippen LogP contribution in [0.5, 0.6) is 5.75 Å². The van der Waals surface area contributed by atoms with Gasteiger partial charge in [0.15, 0.2) is 0 Å². The molecule has 4 heterocycles. The van der Waals surface area contributed by atoms with Gasteiger partial charge in [-0.05, 0) is 49.5 Å². The molecule has 2 aromatic carbocycles. The highest BCUT2D eigenvalue weighted by Gasteiger charge is 2.35. The molecule has 1 atom stereocenters. The van der Waals surface area contributed by atoms with Crippen LogP contribution >= 0.6 is 0 Å². The maximum atomic E-state index is 5.96. The molecule has 3 aromatic rings. The van der Waals surface area contributed by atoms with Gasteiger partial charge in [0.25, 0.3) is 0 Å². The van der Waals surface area contributed by atoms with E-state index in [0.29, 0.717) is 12.6 Å². The molecule has 0 unspecified atom stereocenters. The summed E-state index contributed by atoms with van der Waals surface area (Å²) in [6.45, 7) is 4.15. The number of nitrogens with zero attached hydrogens (tertiary/aromatic N) is 4. The van der Waals surface area contributed by atoms with Gasteiger partial charge in [-0.2, -0.15) is 0 Å². The molecule has 6 rings (SSSR count). The lowest BCUT2D eigenvalue weighted by molar-refractivity contribution is 0.0504. The maximum Gasteiger partial charge on any atom is 0.120 e. The Bertz CT molecular complexity index is 899. The predicted molar refractivity (Wildman–Crippen MR) is 104 cm³/mol. The average Bonchev–Trinajstić information content (AvgIpc) is 3.24. The van der Waals surface area contributed by atoms with Crippen molar-refractivity contribution in [3.63, 3.8) is 0 Å². The summed E-state index contributed by atoms with van der Waals surface area (Å²) in [5, 5.41) is 8.90. The number of fused-ring (bicyclic) bond motifs is 3. The van der Waals surface area contributed by atoms with Crippen molar-refractivity contribution in [2.45, 2.75) is 25.5 Å². The summed E-state index contributed by atoms with van der Waals surface area (Å²) in [7, 11) is 0. The van der Waals surface area contributed by atoms with Crippen LogP contribution in [0, 0.1) is 5.92 Å². The van der Waals surface area contributed by atoms with Crippen LogP contribution in [0.15, 0.2) is 60.8 Å². The van der Waals surface area contributed by atoms with Crippen LogP contribution in [0.2, 0.25) is 0 Å². The number of benzene rings is 2. The lowest BCUT2D eigenvalue weighted by Crippen LogP contribution is -2.48. The summed E-state index contributed by atoms with van der Waals surface area (Å²) in [5.74, 6) is 1.60. The van der Waals surface area contributed by atoms with Crippen LogP contribution in [0.1, 0.15) is 24.4 Å². The van der Waals surface area contributed by atoms with Crippen molar-refractivity contribution in [1.29, 1.82) is 0 Å². The molecule has 2 bridgehead atoms. The molecule has 0 aliphatic carbocycles. The third-order valence-corrected chi connectivity index (χ3v) is 5.85. The lowest BCUT2D eigenvalue weighted by Gasteiger charge is -2.44. The van der Waals surface area contributed by atoms with Gasteiger partial charge in [0.05, 0.1) is 12.2 Å². The maximum absolute atomic E-state index is 5.96. The zero-order valence-corrected chi connectivity index (χ0v) is 15.4. The average molecular weight is 360 g/mol. The van der Waals surface area contributed by atoms with Crippen LogP contribution in [-0.4, -0.2) is 39.5 Å². The first kappa shape index (κ1) is 16.5. The highest BCUT2D eigenvalue weighted by molar-refractivity contribution is 5.59. The monoisotopic (exact) mass is 360 g/mol. The fraction of sp³-hybridized carbons (Fsp3) is 0.364. The largest absolute Gasteiger partial charge is 0.489 e. The molecule has 0 amide bonds.